The molecular formula is C19H21ClN4S2. The molecule has 26 heavy (non-hydrogen) atoms. The van der Waals surface area contributed by atoms with Crippen LogP contribution in [-0.2, 0) is 19.6 Å². The third-order valence-electron chi connectivity index (χ3n) is 4.51. The zero-order chi connectivity index (χ0) is 18.1. The van der Waals surface area contributed by atoms with Gasteiger partial charge in [-0.3, -0.25) is 4.90 Å². The topological polar surface area (TPSA) is 26.0 Å². The van der Waals surface area contributed by atoms with Crippen LogP contribution in [0.25, 0.3) is 0 Å². The molecule has 0 amide bonds. The highest BCUT2D eigenvalue weighted by molar-refractivity contribution is 7.71. The summed E-state index contributed by atoms with van der Waals surface area (Å²) in [6.45, 7) is 1.51. The second-order valence-electron chi connectivity index (χ2n) is 6.84. The molecule has 2 aromatic heterocycles. The molecule has 0 N–H and O–H groups in total. The van der Waals surface area contributed by atoms with E-state index in [1.807, 2.05) is 16.8 Å². The average molecular weight is 405 g/mol. The van der Waals surface area contributed by atoms with Crippen LogP contribution in [0, 0.1) is 4.77 Å². The van der Waals surface area contributed by atoms with Gasteiger partial charge < -0.3 is 4.57 Å². The van der Waals surface area contributed by atoms with Crippen LogP contribution < -0.4 is 0 Å². The summed E-state index contributed by atoms with van der Waals surface area (Å²) in [4.78, 5) is 3.55. The minimum Gasteiger partial charge on any atom is -0.301 e. The van der Waals surface area contributed by atoms with E-state index in [4.69, 9.17) is 28.9 Å². The Balaban J connectivity index is 1.52. The van der Waals surface area contributed by atoms with Crippen LogP contribution >= 0.6 is 35.2 Å². The molecule has 0 atom stereocenters. The Morgan fingerprint density at radius 2 is 2.04 bits per heavy atom. The number of benzene rings is 1. The van der Waals surface area contributed by atoms with E-state index in [2.05, 4.69) is 46.2 Å². The van der Waals surface area contributed by atoms with Crippen molar-refractivity contribution in [1.82, 2.24) is 19.2 Å². The first kappa shape index (κ1) is 17.9. The van der Waals surface area contributed by atoms with Crippen molar-refractivity contribution in [3.63, 3.8) is 0 Å². The number of thiophene rings is 1. The Morgan fingerprint density at radius 3 is 2.69 bits per heavy atom. The van der Waals surface area contributed by atoms with Crippen molar-refractivity contribution in [2.45, 2.75) is 38.5 Å². The summed E-state index contributed by atoms with van der Waals surface area (Å²) in [7, 11) is 2.09. The van der Waals surface area contributed by atoms with Gasteiger partial charge in [-0.1, -0.05) is 29.8 Å². The zero-order valence-electron chi connectivity index (χ0n) is 14.6. The molecule has 7 heteroatoms. The lowest BCUT2D eigenvalue weighted by atomic mass is 10.2. The molecular weight excluding hydrogens is 384 g/mol. The molecule has 1 aliphatic carbocycles. The van der Waals surface area contributed by atoms with Gasteiger partial charge in [-0.25, -0.2) is 4.68 Å². The maximum atomic E-state index is 5.97. The number of halogens is 1. The van der Waals surface area contributed by atoms with E-state index in [0.717, 1.165) is 28.6 Å². The molecule has 1 saturated carbocycles. The summed E-state index contributed by atoms with van der Waals surface area (Å²) in [5.41, 5.74) is 1.23. The molecule has 2 heterocycles. The Bertz CT molecular complexity index is 924. The Hall–Kier alpha value is -1.47. The van der Waals surface area contributed by atoms with E-state index in [0.29, 0.717) is 12.7 Å². The summed E-state index contributed by atoms with van der Waals surface area (Å²) in [5.74, 6) is 1.08. The standard InChI is InChI=1S/C19H21ClN4S2/c1-22(12-14-4-6-15(20)7-5-14)13-23-19(25)24(16-8-9-16)18(21-23)11-17-3-2-10-26-17/h2-7,10,16H,8-9,11-13H2,1H3. The first-order valence-corrected chi connectivity index (χ1v) is 10.4. The van der Waals surface area contributed by atoms with E-state index in [9.17, 15) is 0 Å². The van der Waals surface area contributed by atoms with E-state index >= 15 is 0 Å². The Kier molecular flexibility index (Phi) is 5.27. The monoisotopic (exact) mass is 404 g/mol. The fraction of sp³-hybridized carbons (Fsp3) is 0.368. The van der Waals surface area contributed by atoms with E-state index in [1.165, 1.54) is 23.3 Å². The van der Waals surface area contributed by atoms with Gasteiger partial charge in [-0.05, 0) is 61.2 Å². The molecule has 136 valence electrons. The normalized spacial score (nSPS) is 14.3. The zero-order valence-corrected chi connectivity index (χ0v) is 17.0. The van der Waals surface area contributed by atoms with Gasteiger partial charge in [0.1, 0.15) is 5.82 Å². The first-order chi connectivity index (χ1) is 12.6. The van der Waals surface area contributed by atoms with E-state index < -0.39 is 0 Å². The molecule has 3 aromatic rings. The third-order valence-corrected chi connectivity index (χ3v) is 6.04. The number of rotatable bonds is 7. The summed E-state index contributed by atoms with van der Waals surface area (Å²) >= 11 is 13.5. The van der Waals surface area contributed by atoms with E-state index in [1.54, 1.807) is 11.3 Å². The highest BCUT2D eigenvalue weighted by Gasteiger charge is 2.28. The van der Waals surface area contributed by atoms with Gasteiger partial charge in [0.25, 0.3) is 0 Å². The lowest BCUT2D eigenvalue weighted by molar-refractivity contribution is 0.243. The lowest BCUT2D eigenvalue weighted by Crippen LogP contribution is -2.22. The minimum absolute atomic E-state index is 0.535. The van der Waals surface area contributed by atoms with Crippen LogP contribution in [0.2, 0.25) is 5.02 Å². The maximum absolute atomic E-state index is 5.97. The van der Waals surface area contributed by atoms with Gasteiger partial charge in [0.2, 0.25) is 0 Å². The molecule has 1 aromatic carbocycles. The number of hydrogen-bond donors (Lipinski definition) is 0. The van der Waals surface area contributed by atoms with Crippen molar-refractivity contribution in [3.8, 4) is 0 Å². The van der Waals surface area contributed by atoms with Crippen LogP contribution in [0.15, 0.2) is 41.8 Å². The van der Waals surface area contributed by atoms with Crippen LogP contribution in [0.3, 0.4) is 0 Å². The number of aromatic nitrogens is 3. The fourth-order valence-corrected chi connectivity index (χ4v) is 4.31. The van der Waals surface area contributed by atoms with Crippen molar-refractivity contribution in [1.29, 1.82) is 0 Å². The third kappa shape index (κ3) is 4.09. The fourth-order valence-electron chi connectivity index (χ4n) is 3.13. The SMILES string of the molecule is CN(Cc1ccc(Cl)cc1)Cn1nc(Cc2cccs2)n(C2CC2)c1=S. The quantitative estimate of drug-likeness (QED) is 0.509. The second-order valence-corrected chi connectivity index (χ2v) is 8.67. The largest absolute Gasteiger partial charge is 0.301 e. The Morgan fingerprint density at radius 1 is 1.27 bits per heavy atom. The molecule has 0 bridgehead atoms. The molecule has 1 aliphatic rings. The number of nitrogens with zero attached hydrogens (tertiary/aromatic N) is 4. The van der Waals surface area contributed by atoms with Crippen LogP contribution in [0.1, 0.15) is 35.1 Å². The lowest BCUT2D eigenvalue weighted by Gasteiger charge is -2.16. The highest BCUT2D eigenvalue weighted by atomic mass is 35.5. The molecule has 0 unspecified atom stereocenters. The second kappa shape index (κ2) is 7.64. The van der Waals surface area contributed by atoms with Crippen molar-refractivity contribution >= 4 is 35.2 Å². The van der Waals surface area contributed by atoms with Crippen LogP contribution in [0.5, 0.6) is 0 Å². The predicted molar refractivity (Wildman–Crippen MR) is 109 cm³/mol. The van der Waals surface area contributed by atoms with Gasteiger partial charge >= 0.3 is 0 Å². The molecule has 0 aliphatic heterocycles. The molecule has 1 fully saturated rings. The summed E-state index contributed by atoms with van der Waals surface area (Å²) in [6.07, 6.45) is 3.27. The maximum Gasteiger partial charge on any atom is 0.199 e. The van der Waals surface area contributed by atoms with Gasteiger partial charge in [-0.2, -0.15) is 5.10 Å². The van der Waals surface area contributed by atoms with Crippen molar-refractivity contribution in [2.75, 3.05) is 7.05 Å². The van der Waals surface area contributed by atoms with Crippen LogP contribution in [-0.4, -0.2) is 26.3 Å². The van der Waals surface area contributed by atoms with Gasteiger partial charge in [-0.15, -0.1) is 11.3 Å². The van der Waals surface area contributed by atoms with E-state index in [-0.39, 0.29) is 0 Å². The smallest absolute Gasteiger partial charge is 0.199 e. The van der Waals surface area contributed by atoms with Crippen LogP contribution in [0.4, 0.5) is 0 Å². The van der Waals surface area contributed by atoms with Gasteiger partial charge in [0.05, 0.1) is 6.67 Å². The Labute approximate surface area is 167 Å². The van der Waals surface area contributed by atoms with Gasteiger partial charge in [0, 0.05) is 28.9 Å². The highest BCUT2D eigenvalue weighted by Crippen LogP contribution is 2.36. The molecule has 4 nitrogen and oxygen atoms in total. The summed E-state index contributed by atoms with van der Waals surface area (Å²) in [5, 5.41) is 7.74. The predicted octanol–water partition coefficient (Wildman–Crippen LogP) is 5.14. The minimum atomic E-state index is 0.535. The summed E-state index contributed by atoms with van der Waals surface area (Å²) in [6, 6.07) is 12.8. The van der Waals surface area contributed by atoms with Crippen molar-refractivity contribution in [2.24, 2.45) is 0 Å². The molecule has 0 spiro atoms. The van der Waals surface area contributed by atoms with Gasteiger partial charge in [0.15, 0.2) is 4.77 Å². The summed E-state index contributed by atoms with van der Waals surface area (Å²) < 4.78 is 5.07. The molecule has 0 radical (unpaired) electrons. The number of hydrogen-bond acceptors (Lipinski definition) is 4. The molecule has 4 rings (SSSR count). The van der Waals surface area contributed by atoms with Crippen molar-refractivity contribution in [3.05, 3.63) is 67.8 Å². The molecule has 0 saturated heterocycles. The van der Waals surface area contributed by atoms with Crippen molar-refractivity contribution < 1.29 is 0 Å². The average Bonchev–Trinajstić information content (AvgIpc) is 3.22. The first-order valence-electron chi connectivity index (χ1n) is 8.74.